The lowest BCUT2D eigenvalue weighted by molar-refractivity contribution is 0.589. The first-order valence-corrected chi connectivity index (χ1v) is 6.25. The predicted molar refractivity (Wildman–Crippen MR) is 72.7 cm³/mol. The van der Waals surface area contributed by atoms with Gasteiger partial charge in [-0.15, -0.1) is 0 Å². The molecule has 0 unspecified atom stereocenters. The molecule has 0 saturated heterocycles. The number of fused-ring (bicyclic) bond motifs is 1. The summed E-state index contributed by atoms with van der Waals surface area (Å²) in [5.41, 5.74) is 6.32. The number of hydrogen-bond acceptors (Lipinski definition) is 2. The first-order valence-electron chi connectivity index (χ1n) is 5.46. The van der Waals surface area contributed by atoms with Gasteiger partial charge in [-0.1, -0.05) is 6.07 Å². The fourth-order valence-corrected chi connectivity index (χ4v) is 2.39. The van der Waals surface area contributed by atoms with Crippen molar-refractivity contribution < 1.29 is 8.78 Å². The van der Waals surface area contributed by atoms with Gasteiger partial charge in [-0.3, -0.25) is 4.40 Å². The van der Waals surface area contributed by atoms with Gasteiger partial charge in [-0.2, -0.15) is 0 Å². The molecular weight excluding hydrogens is 316 g/mol. The summed E-state index contributed by atoms with van der Waals surface area (Å²) in [4.78, 5) is 4.21. The molecule has 2 aromatic heterocycles. The largest absolute Gasteiger partial charge is 0.383 e. The predicted octanol–water partition coefficient (Wildman–Crippen LogP) is 3.62. The molecule has 6 heteroatoms. The van der Waals surface area contributed by atoms with Crippen LogP contribution in [0, 0.1) is 11.6 Å². The Hall–Kier alpha value is -1.95. The molecule has 0 bridgehead atoms. The summed E-state index contributed by atoms with van der Waals surface area (Å²) in [6.07, 6.45) is 1.69. The van der Waals surface area contributed by atoms with Gasteiger partial charge in [0.2, 0.25) is 0 Å². The number of aromatic nitrogens is 2. The fraction of sp³-hybridized carbons (Fsp3) is 0. The molecule has 3 aromatic rings. The molecule has 0 fully saturated rings. The Morgan fingerprint density at radius 3 is 2.42 bits per heavy atom. The van der Waals surface area contributed by atoms with E-state index in [9.17, 15) is 8.78 Å². The summed E-state index contributed by atoms with van der Waals surface area (Å²) in [6.45, 7) is 0. The first-order chi connectivity index (χ1) is 9.09. The summed E-state index contributed by atoms with van der Waals surface area (Å²) in [7, 11) is 0. The number of hydrogen-bond donors (Lipinski definition) is 1. The van der Waals surface area contributed by atoms with E-state index in [0.717, 1.165) is 0 Å². The van der Waals surface area contributed by atoms with Crippen LogP contribution in [0.2, 0.25) is 0 Å². The minimum atomic E-state index is -0.689. The van der Waals surface area contributed by atoms with Crippen molar-refractivity contribution >= 4 is 27.4 Å². The van der Waals surface area contributed by atoms with Gasteiger partial charge in [-0.05, 0) is 40.2 Å². The number of nitrogens with zero attached hydrogens (tertiary/aromatic N) is 2. The zero-order valence-corrected chi connectivity index (χ0v) is 11.2. The van der Waals surface area contributed by atoms with Crippen LogP contribution in [-0.4, -0.2) is 9.38 Å². The Kier molecular flexibility index (Phi) is 2.74. The van der Waals surface area contributed by atoms with Crippen molar-refractivity contribution in [1.29, 1.82) is 0 Å². The van der Waals surface area contributed by atoms with Gasteiger partial charge in [0.05, 0.1) is 10.0 Å². The van der Waals surface area contributed by atoms with E-state index in [4.69, 9.17) is 5.73 Å². The van der Waals surface area contributed by atoms with Gasteiger partial charge in [0.25, 0.3) is 0 Å². The maximum absolute atomic E-state index is 13.8. The summed E-state index contributed by atoms with van der Waals surface area (Å²) in [5, 5.41) is 0. The summed E-state index contributed by atoms with van der Waals surface area (Å²) >= 11 is 3.33. The highest BCUT2D eigenvalue weighted by molar-refractivity contribution is 9.10. The van der Waals surface area contributed by atoms with Crippen molar-refractivity contribution in [3.05, 3.63) is 52.6 Å². The number of anilines is 1. The van der Waals surface area contributed by atoms with E-state index in [1.165, 1.54) is 18.2 Å². The smallest absolute Gasteiger partial charge is 0.153 e. The third kappa shape index (κ3) is 1.79. The number of nitrogens with two attached hydrogens (primary N) is 1. The number of benzene rings is 1. The number of nitrogen functional groups attached to an aromatic ring is 1. The minimum Gasteiger partial charge on any atom is -0.383 e. The zero-order valence-electron chi connectivity index (χ0n) is 9.57. The Balaban J connectivity index is 2.38. The van der Waals surface area contributed by atoms with E-state index in [2.05, 4.69) is 20.9 Å². The van der Waals surface area contributed by atoms with Crippen molar-refractivity contribution in [2.45, 2.75) is 0 Å². The summed E-state index contributed by atoms with van der Waals surface area (Å²) in [6, 6.07) is 7.20. The lowest BCUT2D eigenvalue weighted by atomic mass is 10.1. The molecule has 0 aliphatic rings. The quantitative estimate of drug-likeness (QED) is 0.743. The SMILES string of the molecule is Nc1c(-c2c(F)cccc2F)nc2c(Br)cccn12. The maximum Gasteiger partial charge on any atom is 0.153 e. The van der Waals surface area contributed by atoms with Gasteiger partial charge in [0.15, 0.2) is 5.65 Å². The highest BCUT2D eigenvalue weighted by Crippen LogP contribution is 2.32. The Bertz CT molecular complexity index is 763. The molecule has 3 nitrogen and oxygen atoms in total. The van der Waals surface area contributed by atoms with E-state index in [1.807, 2.05) is 0 Å². The molecule has 0 aliphatic heterocycles. The fourth-order valence-electron chi connectivity index (χ4n) is 1.96. The van der Waals surface area contributed by atoms with Crippen LogP contribution < -0.4 is 5.73 Å². The molecule has 0 aliphatic carbocycles. The number of pyridine rings is 1. The first kappa shape index (κ1) is 12.1. The zero-order chi connectivity index (χ0) is 13.6. The lowest BCUT2D eigenvalue weighted by Gasteiger charge is -2.02. The van der Waals surface area contributed by atoms with Crippen LogP contribution in [0.1, 0.15) is 0 Å². The van der Waals surface area contributed by atoms with Gasteiger partial charge in [-0.25, -0.2) is 13.8 Å². The third-order valence-electron chi connectivity index (χ3n) is 2.84. The molecule has 0 amide bonds. The molecule has 96 valence electrons. The van der Waals surface area contributed by atoms with E-state index in [1.54, 1.807) is 22.7 Å². The van der Waals surface area contributed by atoms with E-state index in [0.29, 0.717) is 10.1 Å². The second-order valence-electron chi connectivity index (χ2n) is 3.99. The van der Waals surface area contributed by atoms with Crippen LogP contribution in [0.3, 0.4) is 0 Å². The van der Waals surface area contributed by atoms with Crippen molar-refractivity contribution in [3.8, 4) is 11.3 Å². The second-order valence-corrected chi connectivity index (χ2v) is 4.85. The number of rotatable bonds is 1. The number of halogens is 3. The van der Waals surface area contributed by atoms with Crippen LogP contribution in [0.5, 0.6) is 0 Å². The molecular formula is C13H8BrF2N3. The topological polar surface area (TPSA) is 43.3 Å². The van der Waals surface area contributed by atoms with Crippen LogP contribution in [-0.2, 0) is 0 Å². The van der Waals surface area contributed by atoms with Crippen molar-refractivity contribution in [3.63, 3.8) is 0 Å². The summed E-state index contributed by atoms with van der Waals surface area (Å²) in [5.74, 6) is -1.18. The second kappa shape index (κ2) is 4.31. The van der Waals surface area contributed by atoms with E-state index >= 15 is 0 Å². The van der Waals surface area contributed by atoms with Crippen LogP contribution >= 0.6 is 15.9 Å². The molecule has 19 heavy (non-hydrogen) atoms. The average Bonchev–Trinajstić information content (AvgIpc) is 2.69. The van der Waals surface area contributed by atoms with Gasteiger partial charge < -0.3 is 5.73 Å². The van der Waals surface area contributed by atoms with E-state index in [-0.39, 0.29) is 17.1 Å². The lowest BCUT2D eigenvalue weighted by Crippen LogP contribution is -1.96. The van der Waals surface area contributed by atoms with Crippen molar-refractivity contribution in [1.82, 2.24) is 9.38 Å². The molecule has 1 aromatic carbocycles. The highest BCUT2D eigenvalue weighted by Gasteiger charge is 2.19. The Labute approximate surface area is 115 Å². The Morgan fingerprint density at radius 1 is 1.11 bits per heavy atom. The maximum atomic E-state index is 13.8. The molecule has 0 radical (unpaired) electrons. The van der Waals surface area contributed by atoms with Crippen molar-refractivity contribution in [2.75, 3.05) is 5.73 Å². The molecule has 2 heterocycles. The number of imidazole rings is 1. The van der Waals surface area contributed by atoms with E-state index < -0.39 is 11.6 Å². The minimum absolute atomic E-state index is 0.0995. The van der Waals surface area contributed by atoms with Crippen LogP contribution in [0.25, 0.3) is 16.9 Å². The van der Waals surface area contributed by atoms with Crippen LogP contribution in [0.4, 0.5) is 14.6 Å². The molecule has 3 rings (SSSR count). The average molecular weight is 324 g/mol. The highest BCUT2D eigenvalue weighted by atomic mass is 79.9. The monoisotopic (exact) mass is 323 g/mol. The third-order valence-corrected chi connectivity index (χ3v) is 3.46. The molecule has 2 N–H and O–H groups in total. The molecule has 0 spiro atoms. The van der Waals surface area contributed by atoms with Crippen LogP contribution in [0.15, 0.2) is 41.0 Å². The summed E-state index contributed by atoms with van der Waals surface area (Å²) < 4.78 is 29.9. The van der Waals surface area contributed by atoms with Gasteiger partial charge >= 0.3 is 0 Å². The Morgan fingerprint density at radius 2 is 1.79 bits per heavy atom. The normalized spacial score (nSPS) is 11.1. The van der Waals surface area contributed by atoms with Gasteiger partial charge in [0.1, 0.15) is 23.1 Å². The standard InChI is InChI=1S/C13H8BrF2N3/c14-7-3-2-6-19-12(17)11(18-13(7)19)10-8(15)4-1-5-9(10)16/h1-6H,17H2. The molecule has 0 saturated carbocycles. The van der Waals surface area contributed by atoms with Crippen molar-refractivity contribution in [2.24, 2.45) is 0 Å². The van der Waals surface area contributed by atoms with Gasteiger partial charge in [0, 0.05) is 6.20 Å². The molecule has 0 atom stereocenters.